The number of piperidine rings is 1. The van der Waals surface area contributed by atoms with Crippen LogP contribution in [0.1, 0.15) is 92.7 Å². The quantitative estimate of drug-likeness (QED) is 0.0469. The molecule has 1 aliphatic heterocycles. The number of carbonyl (C=O) groups excluding carboxylic acids is 4. The van der Waals surface area contributed by atoms with E-state index < -0.39 is 53.2 Å². The molecule has 1 aliphatic rings. The van der Waals surface area contributed by atoms with Crippen molar-refractivity contribution >= 4 is 58.1 Å². The maximum Gasteiger partial charge on any atom is 0.410 e. The number of hydrogen-bond donors (Lipinski definition) is 4. The fourth-order valence-electron chi connectivity index (χ4n) is 7.45. The highest BCUT2D eigenvalue weighted by Crippen LogP contribution is 2.32. The number of amides is 3. The van der Waals surface area contributed by atoms with Gasteiger partial charge in [0, 0.05) is 53.9 Å². The van der Waals surface area contributed by atoms with Crippen LogP contribution >= 0.6 is 0 Å². The predicted molar refractivity (Wildman–Crippen MR) is 251 cm³/mol. The molecule has 352 valence electrons. The molecule has 2 aromatic carbocycles. The van der Waals surface area contributed by atoms with Gasteiger partial charge in [0.2, 0.25) is 11.9 Å². The maximum atomic E-state index is 13.9. The molecule has 0 radical (unpaired) electrons. The van der Waals surface area contributed by atoms with Gasteiger partial charge in [-0.05, 0) is 88.9 Å². The zero-order valence-electron chi connectivity index (χ0n) is 39.3. The lowest BCUT2D eigenvalue weighted by atomic mass is 9.93. The Balaban J connectivity index is 1.25. The van der Waals surface area contributed by atoms with Crippen molar-refractivity contribution in [2.45, 2.75) is 111 Å². The highest BCUT2D eigenvalue weighted by molar-refractivity contribution is 6.04. The number of carbonyl (C=O) groups is 4. The number of ether oxygens (including phenoxy) is 3. The first-order valence-electron chi connectivity index (χ1n) is 22.1. The highest BCUT2D eigenvalue weighted by atomic mass is 19.1. The zero-order chi connectivity index (χ0) is 48.1. The van der Waals surface area contributed by atoms with E-state index in [0.717, 1.165) is 27.5 Å². The molecule has 18 heteroatoms. The van der Waals surface area contributed by atoms with Gasteiger partial charge in [-0.15, -0.1) is 0 Å². The van der Waals surface area contributed by atoms with Crippen LogP contribution in [0.5, 0.6) is 0 Å². The molecule has 0 aliphatic carbocycles. The number of nitrogens with one attached hydrogen (secondary N) is 4. The predicted octanol–water partition coefficient (Wildman–Crippen LogP) is 8.63. The number of nitrogens with zero attached hydrogens (tertiary/aromatic N) is 6. The summed E-state index contributed by atoms with van der Waals surface area (Å²) in [5.74, 6) is -2.47. The Morgan fingerprint density at radius 3 is 2.35 bits per heavy atom. The van der Waals surface area contributed by atoms with Gasteiger partial charge >= 0.3 is 18.2 Å². The van der Waals surface area contributed by atoms with Gasteiger partial charge in [0.1, 0.15) is 23.3 Å². The van der Waals surface area contributed by atoms with Crippen LogP contribution in [0.4, 0.5) is 31.6 Å². The molecule has 6 rings (SSSR count). The number of likely N-dealkylation sites (tertiary alicyclic amines) is 1. The molecule has 0 bridgehead atoms. The molecular formula is C48H61FN10O7. The van der Waals surface area contributed by atoms with Crippen molar-refractivity contribution in [3.05, 3.63) is 84.5 Å². The molecule has 66 heavy (non-hydrogen) atoms. The van der Waals surface area contributed by atoms with E-state index in [0.29, 0.717) is 48.4 Å². The Labute approximate surface area is 384 Å². The molecule has 4 heterocycles. The second-order valence-electron chi connectivity index (χ2n) is 19.0. The number of pyridine rings is 1. The van der Waals surface area contributed by atoms with E-state index in [-0.39, 0.29) is 30.8 Å². The Kier molecular flexibility index (Phi) is 14.8. The Morgan fingerprint density at radius 1 is 0.939 bits per heavy atom. The van der Waals surface area contributed by atoms with Crippen LogP contribution in [0, 0.1) is 11.8 Å². The van der Waals surface area contributed by atoms with Crippen molar-refractivity contribution in [1.82, 2.24) is 34.8 Å². The first kappa shape index (κ1) is 48.6. The molecule has 3 aromatic heterocycles. The highest BCUT2D eigenvalue weighted by Gasteiger charge is 2.38. The monoisotopic (exact) mass is 908 g/mol. The molecule has 3 atom stereocenters. The third kappa shape index (κ3) is 12.3. The molecule has 5 aromatic rings. The van der Waals surface area contributed by atoms with Crippen LogP contribution in [0.25, 0.3) is 27.7 Å². The molecule has 0 saturated carbocycles. The van der Waals surface area contributed by atoms with Crippen LogP contribution in [-0.2, 0) is 30.3 Å². The topological polar surface area (TPSA) is 203 Å². The SMILES string of the molecule is C=C(F)C(=O)Nc1ccc2c(-c3ccccc3CNc3nc(NC[C@H]4CCN(C(=O)OC(C)(C)C)C[C@@H]4OC(=O)[C@@H](NC(=O)OC(C)(C)C)C(C)C)nc4c(C(C)C)cnn34)nccc2c1. The van der Waals surface area contributed by atoms with Crippen molar-refractivity contribution in [3.63, 3.8) is 0 Å². The van der Waals surface area contributed by atoms with E-state index in [1.165, 1.54) is 4.90 Å². The summed E-state index contributed by atoms with van der Waals surface area (Å²) in [5, 5.41) is 18.3. The first-order chi connectivity index (χ1) is 31.1. The zero-order valence-corrected chi connectivity index (χ0v) is 39.3. The number of anilines is 3. The summed E-state index contributed by atoms with van der Waals surface area (Å²) in [6, 6.07) is 13.9. The summed E-state index contributed by atoms with van der Waals surface area (Å²) in [6.07, 6.45) is 1.86. The summed E-state index contributed by atoms with van der Waals surface area (Å²) >= 11 is 0. The number of aromatic nitrogens is 5. The van der Waals surface area contributed by atoms with Crippen LogP contribution in [-0.4, -0.2) is 96.5 Å². The standard InChI is InChI=1S/C48H61FN10O7/c1-27(2)36-25-53-59-40(36)56-43(57-44(59)52-23-31-14-12-13-15-34(31)39-35-17-16-33(54-41(60)29(5)49)22-30(35)18-20-50-39)51-24-32-19-21-58(46(63)66-48(9,10)11)26-37(32)64-42(61)38(28(3)4)55-45(62)65-47(6,7)8/h12-18,20,22,25,27-28,32,37-38H,5,19,21,23-24,26H2,1-4,6-11H3,(H,54,60)(H,55,62)(H2,51,52,56,57)/t32-,37+,38+/m1/s1. The molecule has 0 unspecified atom stereocenters. The molecule has 4 N–H and O–H groups in total. The fourth-order valence-corrected chi connectivity index (χ4v) is 7.45. The summed E-state index contributed by atoms with van der Waals surface area (Å²) in [6.45, 7) is 22.4. The van der Waals surface area contributed by atoms with Crippen molar-refractivity contribution in [1.29, 1.82) is 0 Å². The van der Waals surface area contributed by atoms with E-state index in [1.54, 1.807) is 84.4 Å². The molecule has 3 amide bonds. The number of fused-ring (bicyclic) bond motifs is 2. The third-order valence-electron chi connectivity index (χ3n) is 10.7. The second-order valence-corrected chi connectivity index (χ2v) is 19.0. The van der Waals surface area contributed by atoms with Crippen LogP contribution < -0.4 is 21.3 Å². The Hall–Kier alpha value is -6.85. The van der Waals surface area contributed by atoms with Gasteiger partial charge in [-0.3, -0.25) is 9.78 Å². The van der Waals surface area contributed by atoms with Gasteiger partial charge in [-0.1, -0.05) is 64.6 Å². The van der Waals surface area contributed by atoms with Crippen LogP contribution in [0.3, 0.4) is 0 Å². The molecular weight excluding hydrogens is 848 g/mol. The van der Waals surface area contributed by atoms with Crippen molar-refractivity contribution in [3.8, 4) is 11.3 Å². The number of benzene rings is 2. The molecule has 0 spiro atoms. The minimum Gasteiger partial charge on any atom is -0.459 e. The minimum absolute atomic E-state index is 0.0645. The van der Waals surface area contributed by atoms with Crippen LogP contribution in [0.15, 0.2) is 73.3 Å². The number of rotatable bonds is 14. The Morgan fingerprint density at radius 2 is 1.67 bits per heavy atom. The largest absolute Gasteiger partial charge is 0.459 e. The summed E-state index contributed by atoms with van der Waals surface area (Å²) in [5.41, 5.74) is 2.89. The van der Waals surface area contributed by atoms with Gasteiger partial charge in [-0.2, -0.15) is 19.6 Å². The Bertz CT molecular complexity index is 2600. The van der Waals surface area contributed by atoms with Gasteiger partial charge in [-0.25, -0.2) is 18.8 Å². The van der Waals surface area contributed by atoms with E-state index in [9.17, 15) is 23.6 Å². The van der Waals surface area contributed by atoms with Gasteiger partial charge in [0.25, 0.3) is 5.91 Å². The van der Waals surface area contributed by atoms with Crippen molar-refractivity contribution < 1.29 is 37.8 Å². The number of hydrogen-bond acceptors (Lipinski definition) is 13. The minimum atomic E-state index is -1.08. The second kappa shape index (κ2) is 20.1. The smallest absolute Gasteiger partial charge is 0.410 e. The lowest BCUT2D eigenvalue weighted by Gasteiger charge is -2.39. The summed E-state index contributed by atoms with van der Waals surface area (Å²) < 4.78 is 32.4. The van der Waals surface area contributed by atoms with Gasteiger partial charge in [0.15, 0.2) is 11.5 Å². The normalized spacial score (nSPS) is 15.9. The van der Waals surface area contributed by atoms with E-state index in [1.807, 2.05) is 36.4 Å². The van der Waals surface area contributed by atoms with Gasteiger partial charge < -0.3 is 40.4 Å². The first-order valence-corrected chi connectivity index (χ1v) is 22.1. The number of alkyl carbamates (subject to hydrolysis) is 1. The molecule has 1 fully saturated rings. The van der Waals surface area contributed by atoms with E-state index in [4.69, 9.17) is 29.2 Å². The van der Waals surface area contributed by atoms with Crippen molar-refractivity contribution in [2.75, 3.05) is 35.6 Å². The molecule has 1 saturated heterocycles. The number of esters is 1. The van der Waals surface area contributed by atoms with Crippen molar-refractivity contribution in [2.24, 2.45) is 11.8 Å². The summed E-state index contributed by atoms with van der Waals surface area (Å²) in [7, 11) is 0. The third-order valence-corrected chi connectivity index (χ3v) is 10.7. The summed E-state index contributed by atoms with van der Waals surface area (Å²) in [4.78, 5) is 67.9. The van der Waals surface area contributed by atoms with Gasteiger partial charge in [0.05, 0.1) is 18.4 Å². The number of halogens is 1. The molecule has 17 nitrogen and oxygen atoms in total. The lowest BCUT2D eigenvalue weighted by Crippen LogP contribution is -2.54. The fraction of sp³-hybridized carbons (Fsp3) is 0.458. The van der Waals surface area contributed by atoms with Crippen LogP contribution in [0.2, 0.25) is 0 Å². The van der Waals surface area contributed by atoms with E-state index in [2.05, 4.69) is 46.8 Å². The maximum absolute atomic E-state index is 13.9. The lowest BCUT2D eigenvalue weighted by molar-refractivity contribution is -0.158. The average molecular weight is 909 g/mol. The van der Waals surface area contributed by atoms with E-state index >= 15 is 0 Å². The average Bonchev–Trinajstić information content (AvgIpc) is 3.67.